The van der Waals surface area contributed by atoms with E-state index in [-0.39, 0.29) is 41.3 Å². The van der Waals surface area contributed by atoms with Gasteiger partial charge in [0.2, 0.25) is 0 Å². The predicted octanol–water partition coefficient (Wildman–Crippen LogP) is 5.91. The highest BCUT2D eigenvalue weighted by Gasteiger charge is 2.44. The summed E-state index contributed by atoms with van der Waals surface area (Å²) >= 11 is 12.3. The first-order valence-electron chi connectivity index (χ1n) is 13.0. The summed E-state index contributed by atoms with van der Waals surface area (Å²) in [4.78, 5) is 43.7. The van der Waals surface area contributed by atoms with E-state index in [0.29, 0.717) is 12.8 Å². The van der Waals surface area contributed by atoms with Gasteiger partial charge < -0.3 is 10.0 Å². The number of benzene rings is 1. The van der Waals surface area contributed by atoms with Crippen molar-refractivity contribution in [3.63, 3.8) is 0 Å². The maximum atomic E-state index is 14.5. The summed E-state index contributed by atoms with van der Waals surface area (Å²) in [6, 6.07) is 6.11. The minimum absolute atomic E-state index is 0.0367. The molecule has 13 heteroatoms. The number of nitrogens with zero attached hydrogens (tertiary/aromatic N) is 4. The van der Waals surface area contributed by atoms with Gasteiger partial charge in [0.1, 0.15) is 0 Å². The van der Waals surface area contributed by atoms with Gasteiger partial charge in [0.25, 0.3) is 5.91 Å². The fraction of sp³-hybridized carbons (Fsp3) is 0.393. The summed E-state index contributed by atoms with van der Waals surface area (Å²) in [5, 5.41) is 13.2. The molecule has 0 bridgehead atoms. The normalized spacial score (nSPS) is 19.1. The number of halogens is 5. The lowest BCUT2D eigenvalue weighted by molar-refractivity contribution is -0.147. The number of fused-ring (bicyclic) bond motifs is 1. The molecule has 0 unspecified atom stereocenters. The van der Waals surface area contributed by atoms with Crippen molar-refractivity contribution in [1.82, 2.24) is 19.7 Å². The number of Topliss-reactive ketones (excluding diaryl/α,β-unsaturated/α-hetero) is 1. The first kappa shape index (κ1) is 29.1. The van der Waals surface area contributed by atoms with Crippen LogP contribution in [0.2, 0.25) is 10.0 Å². The molecular weight excluding hydrogens is 584 g/mol. The fourth-order valence-corrected chi connectivity index (χ4v) is 6.41. The van der Waals surface area contributed by atoms with Crippen molar-refractivity contribution in [3.05, 3.63) is 80.8 Å². The number of carbonyl (C=O) groups is 3. The number of amides is 1. The summed E-state index contributed by atoms with van der Waals surface area (Å²) in [5.74, 6) is -3.24. The van der Waals surface area contributed by atoms with Crippen LogP contribution < -0.4 is 0 Å². The Bertz CT molecular complexity index is 1460. The van der Waals surface area contributed by atoms with Crippen molar-refractivity contribution in [1.29, 1.82) is 0 Å². The van der Waals surface area contributed by atoms with E-state index in [1.807, 2.05) is 24.3 Å². The molecule has 1 fully saturated rings. The van der Waals surface area contributed by atoms with Crippen LogP contribution >= 0.6 is 23.2 Å². The molecule has 0 spiro atoms. The summed E-state index contributed by atoms with van der Waals surface area (Å²) in [6.07, 6.45) is -0.139. The minimum Gasteiger partial charge on any atom is -0.481 e. The van der Waals surface area contributed by atoms with Crippen molar-refractivity contribution in [2.45, 2.75) is 56.8 Å². The molecule has 1 aromatic carbocycles. The molecule has 2 aliphatic rings. The number of hydrogen-bond acceptors (Lipinski definition) is 5. The largest absolute Gasteiger partial charge is 0.481 e. The maximum Gasteiger partial charge on any atom is 0.433 e. The summed E-state index contributed by atoms with van der Waals surface area (Å²) in [6.45, 7) is -0.562. The van der Waals surface area contributed by atoms with E-state index < -0.39 is 59.6 Å². The average molecular weight is 609 g/mol. The van der Waals surface area contributed by atoms with Gasteiger partial charge >= 0.3 is 12.1 Å². The third-order valence-electron chi connectivity index (χ3n) is 7.86. The Morgan fingerprint density at radius 2 is 1.56 bits per heavy atom. The second-order valence-corrected chi connectivity index (χ2v) is 11.2. The molecule has 5 rings (SSSR count). The van der Waals surface area contributed by atoms with E-state index in [0.717, 1.165) is 26.9 Å². The second-order valence-electron chi connectivity index (χ2n) is 10.4. The van der Waals surface area contributed by atoms with E-state index in [1.165, 1.54) is 12.4 Å². The van der Waals surface area contributed by atoms with Crippen molar-refractivity contribution in [3.8, 4) is 0 Å². The number of carbonyl (C=O) groups excluding carboxylic acids is 2. The zero-order valence-corrected chi connectivity index (χ0v) is 23.1. The van der Waals surface area contributed by atoms with Crippen LogP contribution in [0, 0.1) is 5.92 Å². The zero-order valence-electron chi connectivity index (χ0n) is 21.6. The van der Waals surface area contributed by atoms with Crippen molar-refractivity contribution in [2.75, 3.05) is 6.54 Å². The van der Waals surface area contributed by atoms with E-state index in [2.05, 4.69) is 10.1 Å². The Kier molecular flexibility index (Phi) is 8.11. The van der Waals surface area contributed by atoms with Crippen LogP contribution in [0.5, 0.6) is 0 Å². The lowest BCUT2D eigenvalue weighted by atomic mass is 9.86. The molecule has 0 radical (unpaired) electrons. The monoisotopic (exact) mass is 608 g/mol. The summed E-state index contributed by atoms with van der Waals surface area (Å²) in [5.41, 5.74) is -0.0874. The van der Waals surface area contributed by atoms with Crippen molar-refractivity contribution >= 4 is 40.9 Å². The van der Waals surface area contributed by atoms with Gasteiger partial charge in [0, 0.05) is 18.4 Å². The van der Waals surface area contributed by atoms with Crippen LogP contribution in [-0.2, 0) is 23.8 Å². The van der Waals surface area contributed by atoms with Crippen molar-refractivity contribution < 1.29 is 32.7 Å². The SMILES string of the molecule is O=C(CN(C(=O)c1cnn(C2CCC(C(=O)O)CC2)c1C(F)(F)F)C1Cc2ccccc2C1)c1c(Cl)cncc1Cl. The number of carboxylic acid groups (broad SMARTS) is 1. The number of aliphatic carboxylic acids is 1. The molecule has 2 heterocycles. The molecule has 8 nitrogen and oxygen atoms in total. The molecule has 1 N–H and O–H groups in total. The van der Waals surface area contributed by atoms with Crippen LogP contribution in [0.3, 0.4) is 0 Å². The van der Waals surface area contributed by atoms with Gasteiger partial charge in [0.05, 0.1) is 45.9 Å². The molecule has 41 heavy (non-hydrogen) atoms. The Morgan fingerprint density at radius 3 is 2.10 bits per heavy atom. The second kappa shape index (κ2) is 11.4. The van der Waals surface area contributed by atoms with Crippen LogP contribution in [-0.4, -0.2) is 55.0 Å². The first-order valence-corrected chi connectivity index (χ1v) is 13.8. The van der Waals surface area contributed by atoms with Gasteiger partial charge in [-0.15, -0.1) is 0 Å². The van der Waals surface area contributed by atoms with Crippen LogP contribution in [0.1, 0.15) is 69.3 Å². The topological polar surface area (TPSA) is 105 Å². The average Bonchev–Trinajstić information content (AvgIpc) is 3.56. The predicted molar refractivity (Wildman–Crippen MR) is 143 cm³/mol. The van der Waals surface area contributed by atoms with E-state index in [4.69, 9.17) is 23.2 Å². The number of alkyl halides is 3. The highest BCUT2D eigenvalue weighted by Crippen LogP contribution is 2.40. The number of ketones is 1. The van der Waals surface area contributed by atoms with Gasteiger partial charge in [-0.3, -0.25) is 24.0 Å². The Morgan fingerprint density at radius 1 is 0.976 bits per heavy atom. The fourth-order valence-electron chi connectivity index (χ4n) is 5.83. The number of hydrogen-bond donors (Lipinski definition) is 1. The van der Waals surface area contributed by atoms with E-state index in [9.17, 15) is 32.7 Å². The molecule has 3 aromatic rings. The first-order chi connectivity index (χ1) is 19.5. The molecule has 0 saturated heterocycles. The smallest absolute Gasteiger partial charge is 0.433 e. The molecular formula is C28H25Cl2F3N4O4. The van der Waals surface area contributed by atoms with Crippen LogP contribution in [0.4, 0.5) is 13.2 Å². The molecule has 216 valence electrons. The van der Waals surface area contributed by atoms with E-state index >= 15 is 0 Å². The van der Waals surface area contributed by atoms with E-state index in [1.54, 1.807) is 0 Å². The van der Waals surface area contributed by atoms with Gasteiger partial charge in [-0.2, -0.15) is 18.3 Å². The van der Waals surface area contributed by atoms with Crippen LogP contribution in [0.25, 0.3) is 0 Å². The Balaban J connectivity index is 1.51. The van der Waals surface area contributed by atoms with Gasteiger partial charge in [-0.1, -0.05) is 47.5 Å². The maximum absolute atomic E-state index is 14.5. The van der Waals surface area contributed by atoms with Gasteiger partial charge in [-0.05, 0) is 49.7 Å². The third kappa shape index (κ3) is 5.83. The standard InChI is InChI=1S/C28H25Cl2F3N4O4/c29-21-12-34-13-22(30)24(21)23(38)14-36(19-9-16-3-1-2-4-17(16)10-19)26(39)20-11-35-37(25(20)28(31,32)33)18-7-5-15(6-8-18)27(40)41/h1-4,11-13,15,18-19H,5-10,14H2,(H,40,41). The lowest BCUT2D eigenvalue weighted by Crippen LogP contribution is -2.44. The molecule has 0 atom stereocenters. The molecule has 1 saturated carbocycles. The Hall–Kier alpha value is -3.44. The minimum atomic E-state index is -4.93. The highest BCUT2D eigenvalue weighted by molar-refractivity contribution is 6.39. The third-order valence-corrected chi connectivity index (χ3v) is 8.44. The molecule has 2 aliphatic carbocycles. The number of pyridine rings is 1. The number of aromatic nitrogens is 3. The summed E-state index contributed by atoms with van der Waals surface area (Å²) in [7, 11) is 0. The molecule has 1 amide bonds. The van der Waals surface area contributed by atoms with Gasteiger partial charge in [-0.25, -0.2) is 0 Å². The number of carboxylic acids is 1. The molecule has 2 aromatic heterocycles. The summed E-state index contributed by atoms with van der Waals surface area (Å²) < 4.78 is 44.3. The number of rotatable bonds is 7. The quantitative estimate of drug-likeness (QED) is 0.334. The highest BCUT2D eigenvalue weighted by atomic mass is 35.5. The Labute approximate surface area is 243 Å². The zero-order chi connectivity index (χ0) is 29.5. The van der Waals surface area contributed by atoms with Crippen LogP contribution in [0.15, 0.2) is 42.9 Å². The van der Waals surface area contributed by atoms with Gasteiger partial charge in [0.15, 0.2) is 11.5 Å². The lowest BCUT2D eigenvalue weighted by Gasteiger charge is -2.30. The molecule has 0 aliphatic heterocycles. The van der Waals surface area contributed by atoms with Crippen molar-refractivity contribution in [2.24, 2.45) is 5.92 Å².